The van der Waals surface area contributed by atoms with Gasteiger partial charge in [-0.25, -0.2) is 4.79 Å². The Morgan fingerprint density at radius 3 is 2.71 bits per heavy atom. The number of anilines is 1. The van der Waals surface area contributed by atoms with Crippen molar-refractivity contribution in [2.45, 2.75) is 18.9 Å². The van der Waals surface area contributed by atoms with E-state index in [2.05, 4.69) is 10.3 Å². The molecule has 1 aliphatic heterocycles. The molecule has 156 valence electrons. The Balaban J connectivity index is 1.56. The summed E-state index contributed by atoms with van der Waals surface area (Å²) in [5, 5.41) is 3.79. The minimum atomic E-state index is -0.500. The van der Waals surface area contributed by atoms with Gasteiger partial charge in [-0.3, -0.25) is 4.79 Å². The van der Waals surface area contributed by atoms with Crippen LogP contribution in [-0.4, -0.2) is 29.6 Å². The van der Waals surface area contributed by atoms with E-state index < -0.39 is 11.9 Å². The van der Waals surface area contributed by atoms with Crippen molar-refractivity contribution < 1.29 is 19.1 Å². The van der Waals surface area contributed by atoms with Crippen LogP contribution in [0.25, 0.3) is 10.9 Å². The highest BCUT2D eigenvalue weighted by Gasteiger charge is 2.41. The number of aromatic amines is 1. The third kappa shape index (κ3) is 3.30. The number of aromatic nitrogens is 1. The van der Waals surface area contributed by atoms with Crippen molar-refractivity contribution in [3.8, 4) is 5.75 Å². The molecule has 6 heteroatoms. The van der Waals surface area contributed by atoms with Crippen LogP contribution < -0.4 is 10.1 Å². The predicted molar refractivity (Wildman–Crippen MR) is 118 cm³/mol. The Hall–Kier alpha value is -3.80. The molecule has 0 radical (unpaired) electrons. The maximum absolute atomic E-state index is 13.7. The molecule has 3 aromatic rings. The minimum Gasteiger partial charge on any atom is -0.485 e. The van der Waals surface area contributed by atoms with Crippen LogP contribution in [0.4, 0.5) is 5.69 Å². The molecule has 2 heterocycles. The van der Waals surface area contributed by atoms with Gasteiger partial charge in [0.25, 0.3) is 0 Å². The highest BCUT2D eigenvalue weighted by atomic mass is 16.5. The van der Waals surface area contributed by atoms with Gasteiger partial charge in [-0.1, -0.05) is 54.6 Å². The average molecular weight is 414 g/mol. The van der Waals surface area contributed by atoms with Gasteiger partial charge in [0.05, 0.1) is 18.2 Å². The predicted octanol–water partition coefficient (Wildman–Crippen LogP) is 4.57. The topological polar surface area (TPSA) is 80.4 Å². The number of ether oxygens (including phenoxy) is 2. The highest BCUT2D eigenvalue weighted by molar-refractivity contribution is 6.12. The standard InChI is InChI=1S/C25H22N2O4/c1-2-30-25(29)23-22(15-9-3-6-12-18(15)26-23)27-24(28)21-16-10-4-7-13-19(16)31-20-14-8-5-11-17(20)21/h3-14,16,19,21,26H,2H2,1H3,(H,27,28)/t16-,19-,21+/m0/s1. The Morgan fingerprint density at radius 1 is 1.06 bits per heavy atom. The summed E-state index contributed by atoms with van der Waals surface area (Å²) in [6.07, 6.45) is 7.63. The summed E-state index contributed by atoms with van der Waals surface area (Å²) >= 11 is 0. The average Bonchev–Trinajstić information content (AvgIpc) is 3.16. The van der Waals surface area contributed by atoms with Crippen LogP contribution in [0.15, 0.2) is 72.8 Å². The smallest absolute Gasteiger partial charge is 0.356 e. The molecule has 31 heavy (non-hydrogen) atoms. The molecule has 1 aliphatic carbocycles. The normalized spacial score (nSPS) is 21.1. The lowest BCUT2D eigenvalue weighted by Crippen LogP contribution is -2.40. The first-order valence-electron chi connectivity index (χ1n) is 10.4. The van der Waals surface area contributed by atoms with Crippen LogP contribution in [0, 0.1) is 5.92 Å². The van der Waals surface area contributed by atoms with Gasteiger partial charge in [-0.2, -0.15) is 0 Å². The van der Waals surface area contributed by atoms with Crippen LogP contribution in [0.2, 0.25) is 0 Å². The van der Waals surface area contributed by atoms with Crippen LogP contribution in [0.3, 0.4) is 0 Å². The summed E-state index contributed by atoms with van der Waals surface area (Å²) in [6.45, 7) is 2.00. The summed E-state index contributed by atoms with van der Waals surface area (Å²) in [7, 11) is 0. The molecule has 5 rings (SSSR count). The van der Waals surface area contributed by atoms with Crippen molar-refractivity contribution in [3.63, 3.8) is 0 Å². The van der Waals surface area contributed by atoms with E-state index in [9.17, 15) is 9.59 Å². The van der Waals surface area contributed by atoms with Crippen LogP contribution in [-0.2, 0) is 9.53 Å². The number of para-hydroxylation sites is 2. The minimum absolute atomic E-state index is 0.142. The molecule has 2 aromatic carbocycles. The van der Waals surface area contributed by atoms with Crippen molar-refractivity contribution in [2.24, 2.45) is 5.92 Å². The first-order chi connectivity index (χ1) is 15.2. The number of esters is 1. The Bertz CT molecular complexity index is 1220. The van der Waals surface area contributed by atoms with Gasteiger partial charge in [0.15, 0.2) is 0 Å². The van der Waals surface area contributed by atoms with E-state index in [1.165, 1.54) is 0 Å². The largest absolute Gasteiger partial charge is 0.485 e. The number of hydrogen-bond acceptors (Lipinski definition) is 4. The Labute approximate surface area is 179 Å². The van der Waals surface area contributed by atoms with Gasteiger partial charge < -0.3 is 19.8 Å². The number of rotatable bonds is 4. The molecule has 6 nitrogen and oxygen atoms in total. The molecule has 0 bridgehead atoms. The van der Waals surface area contributed by atoms with Gasteiger partial charge >= 0.3 is 5.97 Å². The van der Waals surface area contributed by atoms with Crippen molar-refractivity contribution in [2.75, 3.05) is 11.9 Å². The van der Waals surface area contributed by atoms with Gasteiger partial charge in [0.2, 0.25) is 5.91 Å². The van der Waals surface area contributed by atoms with Gasteiger partial charge in [-0.05, 0) is 25.1 Å². The number of amides is 1. The summed E-state index contributed by atoms with van der Waals surface area (Å²) in [6, 6.07) is 15.1. The maximum Gasteiger partial charge on any atom is 0.356 e. The van der Waals surface area contributed by atoms with Gasteiger partial charge in [0.1, 0.15) is 17.5 Å². The molecule has 0 saturated heterocycles. The number of carbonyl (C=O) groups is 2. The first kappa shape index (κ1) is 19.2. The molecule has 0 saturated carbocycles. The number of hydrogen-bond donors (Lipinski definition) is 2. The zero-order valence-electron chi connectivity index (χ0n) is 17.0. The molecule has 3 atom stereocenters. The second kappa shape index (κ2) is 7.80. The zero-order chi connectivity index (χ0) is 21.4. The molecule has 1 aromatic heterocycles. The SMILES string of the molecule is CCOC(=O)c1[nH]c2ccccc2c1NC(=O)[C@H]1c2ccccc2O[C@H]2C=CC=C[C@@H]21. The first-order valence-corrected chi connectivity index (χ1v) is 10.4. The second-order valence-electron chi connectivity index (χ2n) is 7.58. The zero-order valence-corrected chi connectivity index (χ0v) is 17.0. The van der Waals surface area contributed by atoms with E-state index in [-0.39, 0.29) is 30.2 Å². The molecule has 1 amide bonds. The summed E-state index contributed by atoms with van der Waals surface area (Å²) in [5.74, 6) is -0.592. The number of carbonyl (C=O) groups excluding carboxylic acids is 2. The number of benzene rings is 2. The Kier molecular flexibility index (Phi) is 4.82. The van der Waals surface area contributed by atoms with Crippen LogP contribution in [0.5, 0.6) is 5.75 Å². The third-order valence-corrected chi connectivity index (χ3v) is 5.74. The van der Waals surface area contributed by atoms with Crippen LogP contribution in [0.1, 0.15) is 28.9 Å². The molecule has 2 N–H and O–H groups in total. The quantitative estimate of drug-likeness (QED) is 0.613. The number of fused-ring (bicyclic) bond motifs is 3. The lowest BCUT2D eigenvalue weighted by atomic mass is 9.77. The summed E-state index contributed by atoms with van der Waals surface area (Å²) < 4.78 is 11.3. The van der Waals surface area contributed by atoms with E-state index in [4.69, 9.17) is 9.47 Å². The molecule has 0 fully saturated rings. The molecule has 0 spiro atoms. The monoisotopic (exact) mass is 414 g/mol. The highest BCUT2D eigenvalue weighted by Crippen LogP contribution is 2.43. The lowest BCUT2D eigenvalue weighted by molar-refractivity contribution is -0.119. The third-order valence-electron chi connectivity index (χ3n) is 5.74. The van der Waals surface area contributed by atoms with Crippen molar-refractivity contribution in [1.82, 2.24) is 4.98 Å². The van der Waals surface area contributed by atoms with Crippen molar-refractivity contribution in [3.05, 3.63) is 84.1 Å². The summed E-state index contributed by atoms with van der Waals surface area (Å²) in [5.41, 5.74) is 2.27. The molecule has 0 unspecified atom stereocenters. The Morgan fingerprint density at radius 2 is 1.84 bits per heavy atom. The molecule has 2 aliphatic rings. The molecular formula is C25H22N2O4. The number of allylic oxidation sites excluding steroid dienone is 2. The fraction of sp³-hybridized carbons (Fsp3) is 0.200. The van der Waals surface area contributed by atoms with Gasteiger partial charge in [0, 0.05) is 22.4 Å². The number of H-pyrrole nitrogens is 1. The number of nitrogens with one attached hydrogen (secondary N) is 2. The second-order valence-corrected chi connectivity index (χ2v) is 7.58. The van der Waals surface area contributed by atoms with E-state index >= 15 is 0 Å². The maximum atomic E-state index is 13.7. The van der Waals surface area contributed by atoms with E-state index in [0.29, 0.717) is 11.4 Å². The van der Waals surface area contributed by atoms with E-state index in [1.807, 2.05) is 72.8 Å². The van der Waals surface area contributed by atoms with Crippen molar-refractivity contribution in [1.29, 1.82) is 0 Å². The van der Waals surface area contributed by atoms with E-state index in [0.717, 1.165) is 16.5 Å². The fourth-order valence-corrected chi connectivity index (χ4v) is 4.37. The fourth-order valence-electron chi connectivity index (χ4n) is 4.37. The van der Waals surface area contributed by atoms with Crippen LogP contribution >= 0.6 is 0 Å². The van der Waals surface area contributed by atoms with E-state index in [1.54, 1.807) is 6.92 Å². The van der Waals surface area contributed by atoms with Crippen molar-refractivity contribution >= 4 is 28.5 Å². The van der Waals surface area contributed by atoms with Gasteiger partial charge in [-0.15, -0.1) is 0 Å². The lowest BCUT2D eigenvalue weighted by Gasteiger charge is -2.37. The summed E-state index contributed by atoms with van der Waals surface area (Å²) in [4.78, 5) is 29.3. The molecular weight excluding hydrogens is 392 g/mol.